The van der Waals surface area contributed by atoms with Crippen LogP contribution in [0, 0.1) is 5.41 Å². The lowest BCUT2D eigenvalue weighted by Crippen LogP contribution is -2.51. The second-order valence-corrected chi connectivity index (χ2v) is 5.81. The Bertz CT molecular complexity index is 624. The first-order valence-corrected chi connectivity index (χ1v) is 6.80. The molecule has 0 spiro atoms. The number of anilines is 1. The fraction of sp³-hybridized carbons (Fsp3) is 0.636. The van der Waals surface area contributed by atoms with Crippen LogP contribution in [-0.4, -0.2) is 35.2 Å². The first kappa shape index (κ1) is 17.1. The van der Waals surface area contributed by atoms with Crippen LogP contribution < -0.4 is 10.5 Å². The normalized spacial score (nSPS) is 18.8. The molecule has 0 bridgehead atoms. The number of halogens is 7. The van der Waals surface area contributed by atoms with E-state index in [0.29, 0.717) is 0 Å². The van der Waals surface area contributed by atoms with Crippen molar-refractivity contribution in [2.24, 2.45) is 12.5 Å². The third-order valence-corrected chi connectivity index (χ3v) is 4.50. The maximum atomic E-state index is 13.0. The number of hydrogen-bond donors (Lipinski definition) is 0. The van der Waals surface area contributed by atoms with E-state index in [-0.39, 0.29) is 10.2 Å². The number of rotatable bonds is 1. The summed E-state index contributed by atoms with van der Waals surface area (Å²) in [7, 11) is 1.32. The zero-order chi connectivity index (χ0) is 16.9. The van der Waals surface area contributed by atoms with Gasteiger partial charge in [0.15, 0.2) is 5.41 Å². The van der Waals surface area contributed by atoms with Gasteiger partial charge in [-0.15, -0.1) is 0 Å². The van der Waals surface area contributed by atoms with Gasteiger partial charge < -0.3 is 4.90 Å². The van der Waals surface area contributed by atoms with E-state index in [2.05, 4.69) is 21.0 Å². The van der Waals surface area contributed by atoms with Crippen molar-refractivity contribution in [3.8, 4) is 0 Å². The topological polar surface area (TPSA) is 38.1 Å². The maximum absolute atomic E-state index is 13.0. The number of aromatic nitrogens is 2. The molecule has 0 unspecified atom stereocenters. The van der Waals surface area contributed by atoms with Crippen molar-refractivity contribution in [2.45, 2.75) is 18.8 Å². The summed E-state index contributed by atoms with van der Waals surface area (Å²) in [6.07, 6.45) is -10.9. The molecule has 1 aliphatic rings. The largest absolute Gasteiger partial charge is 0.404 e. The second-order valence-electron chi connectivity index (χ2n) is 5.02. The predicted molar refractivity (Wildman–Crippen MR) is 68.6 cm³/mol. The van der Waals surface area contributed by atoms with Crippen molar-refractivity contribution in [2.75, 3.05) is 18.0 Å². The molecule has 0 amide bonds. The smallest absolute Gasteiger partial charge is 0.368 e. The standard InChI is InChI=1S/C11H10BrF6N3O/c1-20-8(22)7(12)6(4-19-20)21-3-2-9(5-21,10(13,14)15)11(16,17)18/h4H,2-3,5H2,1H3. The molecule has 0 radical (unpaired) electrons. The molecule has 1 aromatic rings. The fourth-order valence-corrected chi connectivity index (χ4v) is 2.97. The molecule has 1 saturated heterocycles. The first-order chi connectivity index (χ1) is 9.91. The van der Waals surface area contributed by atoms with E-state index in [9.17, 15) is 31.1 Å². The van der Waals surface area contributed by atoms with Crippen LogP contribution >= 0.6 is 15.9 Å². The van der Waals surface area contributed by atoms with Gasteiger partial charge in [0.05, 0.1) is 11.9 Å². The number of aryl methyl sites for hydroxylation is 1. The van der Waals surface area contributed by atoms with Gasteiger partial charge in [-0.2, -0.15) is 31.4 Å². The Kier molecular flexibility index (Phi) is 3.99. The minimum atomic E-state index is -5.43. The highest BCUT2D eigenvalue weighted by atomic mass is 79.9. The fourth-order valence-electron chi connectivity index (χ4n) is 2.36. The van der Waals surface area contributed by atoms with Crippen molar-refractivity contribution < 1.29 is 26.3 Å². The molecule has 1 aromatic heterocycles. The van der Waals surface area contributed by atoms with Crippen molar-refractivity contribution in [1.82, 2.24) is 9.78 Å². The Labute approximate surface area is 128 Å². The quantitative estimate of drug-likeness (QED) is 0.688. The van der Waals surface area contributed by atoms with Gasteiger partial charge in [0, 0.05) is 20.1 Å². The van der Waals surface area contributed by atoms with Crippen molar-refractivity contribution >= 4 is 21.6 Å². The first-order valence-electron chi connectivity index (χ1n) is 6.01. The summed E-state index contributed by atoms with van der Waals surface area (Å²) in [6, 6.07) is 0. The second kappa shape index (κ2) is 5.14. The molecular weight excluding hydrogens is 384 g/mol. The third kappa shape index (κ3) is 2.48. The predicted octanol–water partition coefficient (Wildman–Crippen LogP) is 2.86. The molecule has 0 atom stereocenters. The average molecular weight is 394 g/mol. The molecular formula is C11H10BrF6N3O. The van der Waals surface area contributed by atoms with E-state index in [1.807, 2.05) is 0 Å². The third-order valence-electron chi connectivity index (χ3n) is 3.76. The highest BCUT2D eigenvalue weighted by Crippen LogP contribution is 2.56. The molecule has 4 nitrogen and oxygen atoms in total. The van der Waals surface area contributed by atoms with Gasteiger partial charge in [-0.05, 0) is 22.4 Å². The summed E-state index contributed by atoms with van der Waals surface area (Å²) in [5.74, 6) is 0. The molecule has 0 saturated carbocycles. The highest BCUT2D eigenvalue weighted by molar-refractivity contribution is 9.10. The van der Waals surface area contributed by atoms with Crippen LogP contribution in [0.1, 0.15) is 6.42 Å². The monoisotopic (exact) mass is 393 g/mol. The van der Waals surface area contributed by atoms with E-state index in [1.165, 1.54) is 7.05 Å². The molecule has 1 aliphatic heterocycles. The minimum absolute atomic E-state index is 0.0847. The van der Waals surface area contributed by atoms with E-state index in [4.69, 9.17) is 0 Å². The van der Waals surface area contributed by atoms with Crippen LogP contribution in [0.5, 0.6) is 0 Å². The summed E-state index contributed by atoms with van der Waals surface area (Å²) < 4.78 is 78.8. The van der Waals surface area contributed by atoms with Crippen LogP contribution in [-0.2, 0) is 7.05 Å². The van der Waals surface area contributed by atoms with E-state index in [1.54, 1.807) is 0 Å². The van der Waals surface area contributed by atoms with Gasteiger partial charge >= 0.3 is 12.4 Å². The Hall–Kier alpha value is -1.26. The number of nitrogens with zero attached hydrogens (tertiary/aromatic N) is 3. The van der Waals surface area contributed by atoms with E-state index in [0.717, 1.165) is 15.8 Å². The molecule has 2 heterocycles. The number of hydrogen-bond acceptors (Lipinski definition) is 3. The van der Waals surface area contributed by atoms with Gasteiger partial charge in [0.1, 0.15) is 4.47 Å². The lowest BCUT2D eigenvalue weighted by atomic mass is 9.85. The molecule has 2 rings (SSSR count). The van der Waals surface area contributed by atoms with Crippen LogP contribution in [0.15, 0.2) is 15.5 Å². The van der Waals surface area contributed by atoms with Crippen LogP contribution in [0.25, 0.3) is 0 Å². The lowest BCUT2D eigenvalue weighted by Gasteiger charge is -2.33. The van der Waals surface area contributed by atoms with E-state index >= 15 is 0 Å². The van der Waals surface area contributed by atoms with Gasteiger partial charge in [-0.3, -0.25) is 4.79 Å². The SMILES string of the molecule is Cn1ncc(N2CCC(C(F)(F)F)(C(F)(F)F)C2)c(Br)c1=O. The summed E-state index contributed by atoms with van der Waals surface area (Å²) in [4.78, 5) is 12.6. The van der Waals surface area contributed by atoms with Crippen molar-refractivity contribution in [1.29, 1.82) is 0 Å². The van der Waals surface area contributed by atoms with Gasteiger partial charge in [0.25, 0.3) is 5.56 Å². The van der Waals surface area contributed by atoms with Crippen molar-refractivity contribution in [3.63, 3.8) is 0 Å². The summed E-state index contributed by atoms with van der Waals surface area (Å²) in [5.41, 5.74) is -4.53. The summed E-state index contributed by atoms with van der Waals surface area (Å²) >= 11 is 2.90. The molecule has 0 aliphatic carbocycles. The van der Waals surface area contributed by atoms with Crippen LogP contribution in [0.4, 0.5) is 32.0 Å². The maximum Gasteiger partial charge on any atom is 0.404 e. The van der Waals surface area contributed by atoms with Crippen LogP contribution in [0.2, 0.25) is 0 Å². The number of alkyl halides is 6. The highest BCUT2D eigenvalue weighted by Gasteiger charge is 2.72. The van der Waals surface area contributed by atoms with Gasteiger partial charge in [-0.1, -0.05) is 0 Å². The van der Waals surface area contributed by atoms with Crippen molar-refractivity contribution in [3.05, 3.63) is 21.0 Å². The Balaban J connectivity index is 2.44. The minimum Gasteiger partial charge on any atom is -0.368 e. The summed E-state index contributed by atoms with van der Waals surface area (Å²) in [6.45, 7) is -1.78. The molecule has 1 fully saturated rings. The Morgan fingerprint density at radius 3 is 2.23 bits per heavy atom. The lowest BCUT2D eigenvalue weighted by molar-refractivity contribution is -0.332. The Morgan fingerprint density at radius 2 is 1.77 bits per heavy atom. The average Bonchev–Trinajstić information content (AvgIpc) is 2.81. The van der Waals surface area contributed by atoms with Crippen LogP contribution in [0.3, 0.4) is 0 Å². The van der Waals surface area contributed by atoms with Gasteiger partial charge in [0.2, 0.25) is 0 Å². The molecule has 0 aromatic carbocycles. The zero-order valence-corrected chi connectivity index (χ0v) is 12.7. The van der Waals surface area contributed by atoms with E-state index < -0.39 is 42.8 Å². The zero-order valence-electron chi connectivity index (χ0n) is 11.1. The molecule has 22 heavy (non-hydrogen) atoms. The molecule has 11 heteroatoms. The Morgan fingerprint density at radius 1 is 1.23 bits per heavy atom. The molecule has 124 valence electrons. The summed E-state index contributed by atoms with van der Waals surface area (Å²) in [5, 5.41) is 3.63. The van der Waals surface area contributed by atoms with Gasteiger partial charge in [-0.25, -0.2) is 4.68 Å². The molecule has 0 N–H and O–H groups in total.